The molecule has 0 bridgehead atoms. The Morgan fingerprint density at radius 3 is 2.85 bits per heavy atom. The van der Waals surface area contributed by atoms with Crippen LogP contribution in [0.15, 0.2) is 22.7 Å². The molecule has 0 aliphatic carbocycles. The predicted octanol–water partition coefficient (Wildman–Crippen LogP) is 2.18. The number of nitrogens with one attached hydrogen (secondary N) is 2. The SMILES string of the molecule is Cc1ccc(S(=O)(=O)Nc2nc(Cl)c3[nH]cnc3n2)s1. The van der Waals surface area contributed by atoms with E-state index < -0.39 is 10.0 Å². The first-order valence-electron chi connectivity index (χ1n) is 5.41. The molecule has 0 amide bonds. The summed E-state index contributed by atoms with van der Waals surface area (Å²) in [6, 6.07) is 3.25. The second-order valence-corrected chi connectivity index (χ2v) is 7.46. The van der Waals surface area contributed by atoms with Crippen LogP contribution in [-0.4, -0.2) is 28.4 Å². The van der Waals surface area contributed by atoms with Crippen LogP contribution in [0.5, 0.6) is 0 Å². The molecule has 0 saturated heterocycles. The van der Waals surface area contributed by atoms with Gasteiger partial charge in [0.2, 0.25) is 5.95 Å². The highest BCUT2D eigenvalue weighted by Gasteiger charge is 2.19. The van der Waals surface area contributed by atoms with E-state index in [-0.39, 0.29) is 15.3 Å². The van der Waals surface area contributed by atoms with Crippen LogP contribution >= 0.6 is 22.9 Å². The third-order valence-electron chi connectivity index (χ3n) is 2.45. The van der Waals surface area contributed by atoms with E-state index in [1.165, 1.54) is 12.4 Å². The van der Waals surface area contributed by atoms with Gasteiger partial charge in [-0.25, -0.2) is 18.1 Å². The Bertz CT molecular complexity index is 886. The van der Waals surface area contributed by atoms with E-state index in [0.717, 1.165) is 16.2 Å². The van der Waals surface area contributed by atoms with Crippen molar-refractivity contribution in [2.24, 2.45) is 0 Å². The highest BCUT2D eigenvalue weighted by Crippen LogP contribution is 2.24. The van der Waals surface area contributed by atoms with Crippen LogP contribution < -0.4 is 4.72 Å². The number of halogens is 1. The summed E-state index contributed by atoms with van der Waals surface area (Å²) in [4.78, 5) is 15.5. The Balaban J connectivity index is 2.00. The number of rotatable bonds is 3. The maximum atomic E-state index is 12.1. The van der Waals surface area contributed by atoms with Gasteiger partial charge in [-0.3, -0.25) is 0 Å². The number of H-pyrrole nitrogens is 1. The largest absolute Gasteiger partial charge is 0.341 e. The van der Waals surface area contributed by atoms with Crippen LogP contribution in [0.3, 0.4) is 0 Å². The second-order valence-electron chi connectivity index (χ2n) is 3.91. The first-order chi connectivity index (χ1) is 9.45. The number of anilines is 1. The summed E-state index contributed by atoms with van der Waals surface area (Å²) in [6.45, 7) is 1.83. The quantitative estimate of drug-likeness (QED) is 0.717. The Labute approximate surface area is 123 Å². The zero-order valence-electron chi connectivity index (χ0n) is 10.1. The summed E-state index contributed by atoms with van der Waals surface area (Å²) >= 11 is 7.09. The van der Waals surface area contributed by atoms with Gasteiger partial charge in [-0.1, -0.05) is 11.6 Å². The fourth-order valence-electron chi connectivity index (χ4n) is 1.57. The van der Waals surface area contributed by atoms with E-state index in [0.29, 0.717) is 11.2 Å². The van der Waals surface area contributed by atoms with Crippen molar-refractivity contribution in [3.05, 3.63) is 28.5 Å². The second kappa shape index (κ2) is 4.69. The lowest BCUT2D eigenvalue weighted by Crippen LogP contribution is -2.14. The van der Waals surface area contributed by atoms with E-state index >= 15 is 0 Å². The van der Waals surface area contributed by atoms with Gasteiger partial charge in [0.15, 0.2) is 10.8 Å². The smallest absolute Gasteiger partial charge is 0.273 e. The maximum Gasteiger partial charge on any atom is 0.273 e. The fraction of sp³-hybridized carbons (Fsp3) is 0.100. The van der Waals surface area contributed by atoms with Crippen molar-refractivity contribution < 1.29 is 8.42 Å². The molecule has 0 aromatic carbocycles. The third-order valence-corrected chi connectivity index (χ3v) is 5.54. The summed E-state index contributed by atoms with van der Waals surface area (Å²) in [7, 11) is -3.71. The molecule has 20 heavy (non-hydrogen) atoms. The van der Waals surface area contributed by atoms with E-state index in [1.54, 1.807) is 6.07 Å². The van der Waals surface area contributed by atoms with Crippen molar-refractivity contribution in [1.29, 1.82) is 0 Å². The molecule has 0 atom stereocenters. The summed E-state index contributed by atoms with van der Waals surface area (Å²) in [6.07, 6.45) is 1.41. The summed E-state index contributed by atoms with van der Waals surface area (Å²) < 4.78 is 26.8. The lowest BCUT2D eigenvalue weighted by atomic mass is 10.5. The summed E-state index contributed by atoms with van der Waals surface area (Å²) in [5.41, 5.74) is 0.756. The van der Waals surface area contributed by atoms with Crippen molar-refractivity contribution in [2.45, 2.75) is 11.1 Å². The number of fused-ring (bicyclic) bond motifs is 1. The van der Waals surface area contributed by atoms with Crippen LogP contribution in [-0.2, 0) is 10.0 Å². The Kier molecular flexibility index (Phi) is 3.11. The molecule has 3 heterocycles. The highest BCUT2D eigenvalue weighted by molar-refractivity contribution is 7.94. The van der Waals surface area contributed by atoms with Crippen LogP contribution in [0.2, 0.25) is 5.15 Å². The number of hydrogen-bond acceptors (Lipinski definition) is 6. The minimum Gasteiger partial charge on any atom is -0.341 e. The molecule has 104 valence electrons. The molecule has 0 aliphatic rings. The summed E-state index contributed by atoms with van der Waals surface area (Å²) in [5.74, 6) is -0.111. The molecule has 0 unspecified atom stereocenters. The summed E-state index contributed by atoms with van der Waals surface area (Å²) in [5, 5.41) is 0.104. The zero-order chi connectivity index (χ0) is 14.3. The van der Waals surface area contributed by atoms with E-state index in [1.807, 2.05) is 6.92 Å². The van der Waals surface area contributed by atoms with Gasteiger partial charge >= 0.3 is 0 Å². The molecule has 3 aromatic heterocycles. The molecule has 2 N–H and O–H groups in total. The number of aryl methyl sites for hydroxylation is 1. The number of sulfonamides is 1. The number of aromatic nitrogens is 4. The van der Waals surface area contributed by atoms with Gasteiger partial charge in [0.25, 0.3) is 10.0 Å². The van der Waals surface area contributed by atoms with Crippen LogP contribution in [0, 0.1) is 6.92 Å². The van der Waals surface area contributed by atoms with E-state index in [2.05, 4.69) is 24.7 Å². The normalized spacial score (nSPS) is 11.9. The lowest BCUT2D eigenvalue weighted by molar-refractivity contribution is 0.603. The van der Waals surface area contributed by atoms with Gasteiger partial charge in [0.1, 0.15) is 9.73 Å². The van der Waals surface area contributed by atoms with Gasteiger partial charge < -0.3 is 4.98 Å². The number of hydrogen-bond donors (Lipinski definition) is 2. The lowest BCUT2D eigenvalue weighted by Gasteiger charge is -2.04. The molecule has 7 nitrogen and oxygen atoms in total. The van der Waals surface area contributed by atoms with Crippen LogP contribution in [0.25, 0.3) is 11.2 Å². The highest BCUT2D eigenvalue weighted by atomic mass is 35.5. The van der Waals surface area contributed by atoms with E-state index in [9.17, 15) is 8.42 Å². The van der Waals surface area contributed by atoms with Crippen molar-refractivity contribution in [3.8, 4) is 0 Å². The fourth-order valence-corrected chi connectivity index (χ4v) is 4.02. The standard InChI is InChI=1S/C10H8ClN5O2S2/c1-5-2-3-6(19-5)20(17,18)16-10-14-8(11)7-9(15-10)13-4-12-7/h2-4H,1H3,(H2,12,13,14,15,16). The third kappa shape index (κ3) is 2.35. The Hall–Kier alpha value is -1.71. The molecule has 0 aliphatic heterocycles. The Morgan fingerprint density at radius 1 is 1.35 bits per heavy atom. The molecule has 3 rings (SSSR count). The van der Waals surface area contributed by atoms with Crippen molar-refractivity contribution in [1.82, 2.24) is 19.9 Å². The molecular formula is C10H8ClN5O2S2. The van der Waals surface area contributed by atoms with Crippen LogP contribution in [0.4, 0.5) is 5.95 Å². The van der Waals surface area contributed by atoms with Crippen molar-refractivity contribution in [2.75, 3.05) is 4.72 Å². The average molecular weight is 330 g/mol. The Morgan fingerprint density at radius 2 is 2.15 bits per heavy atom. The monoisotopic (exact) mass is 329 g/mol. The van der Waals surface area contributed by atoms with E-state index in [4.69, 9.17) is 11.6 Å². The zero-order valence-corrected chi connectivity index (χ0v) is 12.5. The van der Waals surface area contributed by atoms with Crippen LogP contribution in [0.1, 0.15) is 4.88 Å². The molecule has 0 spiro atoms. The first kappa shape index (κ1) is 13.3. The number of nitrogens with zero attached hydrogens (tertiary/aromatic N) is 3. The topological polar surface area (TPSA) is 101 Å². The van der Waals surface area contributed by atoms with Gasteiger partial charge in [0.05, 0.1) is 6.33 Å². The maximum absolute atomic E-state index is 12.1. The molecular weight excluding hydrogens is 322 g/mol. The number of imidazole rings is 1. The van der Waals surface area contributed by atoms with Gasteiger partial charge in [0, 0.05) is 4.88 Å². The predicted molar refractivity (Wildman–Crippen MR) is 76.6 cm³/mol. The number of thiophene rings is 1. The average Bonchev–Trinajstić information content (AvgIpc) is 2.97. The van der Waals surface area contributed by atoms with Gasteiger partial charge in [-0.15, -0.1) is 11.3 Å². The minimum atomic E-state index is -3.71. The molecule has 0 radical (unpaired) electrons. The van der Waals surface area contributed by atoms with Gasteiger partial charge in [-0.2, -0.15) is 9.97 Å². The van der Waals surface area contributed by atoms with Crippen molar-refractivity contribution in [3.63, 3.8) is 0 Å². The molecule has 0 fully saturated rings. The number of aromatic amines is 1. The molecule has 10 heteroatoms. The van der Waals surface area contributed by atoms with Gasteiger partial charge in [-0.05, 0) is 19.1 Å². The van der Waals surface area contributed by atoms with Crippen molar-refractivity contribution >= 4 is 50.1 Å². The first-order valence-corrected chi connectivity index (χ1v) is 8.09. The molecule has 0 saturated carbocycles. The molecule has 3 aromatic rings. The minimum absolute atomic E-state index is 0.104.